The van der Waals surface area contributed by atoms with E-state index in [0.29, 0.717) is 12.3 Å². The van der Waals surface area contributed by atoms with Crippen molar-refractivity contribution in [2.24, 2.45) is 0 Å². The molecule has 1 aliphatic heterocycles. The predicted octanol–water partition coefficient (Wildman–Crippen LogP) is 1.97. The maximum Gasteiger partial charge on any atom is 0.377 e. The van der Waals surface area contributed by atoms with Crippen LogP contribution in [0.3, 0.4) is 0 Å². The third kappa shape index (κ3) is 4.62. The van der Waals surface area contributed by atoms with E-state index in [2.05, 4.69) is 27.9 Å². The van der Waals surface area contributed by atoms with E-state index >= 15 is 0 Å². The second-order valence-corrected chi connectivity index (χ2v) is 5.53. The summed E-state index contributed by atoms with van der Waals surface area (Å²) in [6.45, 7) is 2.19. The normalized spacial score (nSPS) is 13.5. The molecule has 1 heterocycles. The van der Waals surface area contributed by atoms with Gasteiger partial charge in [-0.1, -0.05) is 0 Å². The van der Waals surface area contributed by atoms with Crippen LogP contribution in [0.4, 0.5) is 5.69 Å². The number of nitrogens with one attached hydrogen (secondary N) is 1. The SMILES string of the molecule is Cc1cc(I)ccc1NC(=O)COC(=O)C1=COCCO1. The lowest BCUT2D eigenvalue weighted by molar-refractivity contribution is -0.148. The van der Waals surface area contributed by atoms with E-state index in [1.165, 1.54) is 6.26 Å². The van der Waals surface area contributed by atoms with Crippen molar-refractivity contribution in [3.63, 3.8) is 0 Å². The molecule has 0 saturated heterocycles. The van der Waals surface area contributed by atoms with Crippen LogP contribution in [0, 0.1) is 10.5 Å². The summed E-state index contributed by atoms with van der Waals surface area (Å²) < 4.78 is 15.9. The summed E-state index contributed by atoms with van der Waals surface area (Å²) in [6.07, 6.45) is 1.19. The van der Waals surface area contributed by atoms with Crippen LogP contribution in [0.15, 0.2) is 30.2 Å². The Balaban J connectivity index is 1.84. The van der Waals surface area contributed by atoms with Gasteiger partial charge < -0.3 is 19.5 Å². The summed E-state index contributed by atoms with van der Waals surface area (Å²) in [4.78, 5) is 23.3. The van der Waals surface area contributed by atoms with Crippen LogP contribution in [-0.4, -0.2) is 31.7 Å². The van der Waals surface area contributed by atoms with E-state index in [9.17, 15) is 9.59 Å². The standard InChI is InChI=1S/C14H14INO5/c1-9-6-10(15)2-3-11(9)16-13(17)8-21-14(18)12-7-19-4-5-20-12/h2-3,6-7H,4-5,8H2,1H3,(H,16,17). The molecule has 1 aromatic carbocycles. The molecule has 0 spiro atoms. The number of amides is 1. The number of carbonyl (C=O) groups excluding carboxylic acids is 2. The number of rotatable bonds is 4. The summed E-state index contributed by atoms with van der Waals surface area (Å²) in [5.41, 5.74) is 1.63. The lowest BCUT2D eigenvalue weighted by Gasteiger charge is -2.14. The zero-order valence-electron chi connectivity index (χ0n) is 11.3. The van der Waals surface area contributed by atoms with Gasteiger partial charge in [0, 0.05) is 9.26 Å². The van der Waals surface area contributed by atoms with Crippen molar-refractivity contribution >= 4 is 40.2 Å². The molecule has 6 nitrogen and oxygen atoms in total. The second kappa shape index (κ2) is 7.30. The number of anilines is 1. The Morgan fingerprint density at radius 1 is 1.38 bits per heavy atom. The monoisotopic (exact) mass is 403 g/mol. The number of carbonyl (C=O) groups is 2. The molecule has 0 radical (unpaired) electrons. The Labute approximate surface area is 135 Å². The topological polar surface area (TPSA) is 73.9 Å². The number of hydrogen-bond donors (Lipinski definition) is 1. The number of esters is 1. The highest BCUT2D eigenvalue weighted by atomic mass is 127. The van der Waals surface area contributed by atoms with Crippen molar-refractivity contribution in [2.75, 3.05) is 25.1 Å². The molecule has 21 heavy (non-hydrogen) atoms. The Bertz CT molecular complexity index is 585. The highest BCUT2D eigenvalue weighted by Gasteiger charge is 2.18. The molecule has 112 valence electrons. The van der Waals surface area contributed by atoms with E-state index in [-0.39, 0.29) is 19.0 Å². The molecule has 1 N–H and O–H groups in total. The number of halogens is 1. The molecule has 0 fully saturated rings. The molecular weight excluding hydrogens is 389 g/mol. The van der Waals surface area contributed by atoms with Crippen molar-refractivity contribution in [3.8, 4) is 0 Å². The molecule has 0 unspecified atom stereocenters. The number of hydrogen-bond acceptors (Lipinski definition) is 5. The zero-order valence-corrected chi connectivity index (χ0v) is 13.5. The summed E-state index contributed by atoms with van der Waals surface area (Å²) in [5, 5.41) is 2.68. The van der Waals surface area contributed by atoms with Crippen LogP contribution in [0.1, 0.15) is 5.56 Å². The third-order valence-electron chi connectivity index (χ3n) is 2.65. The molecule has 1 aliphatic rings. The first-order valence-corrected chi connectivity index (χ1v) is 7.32. The lowest BCUT2D eigenvalue weighted by atomic mass is 10.2. The van der Waals surface area contributed by atoms with Crippen molar-refractivity contribution in [3.05, 3.63) is 39.4 Å². The highest BCUT2D eigenvalue weighted by Crippen LogP contribution is 2.17. The van der Waals surface area contributed by atoms with Crippen LogP contribution >= 0.6 is 22.6 Å². The van der Waals surface area contributed by atoms with Gasteiger partial charge in [-0.25, -0.2) is 4.79 Å². The molecule has 0 bridgehead atoms. The zero-order chi connectivity index (χ0) is 15.2. The minimum absolute atomic E-state index is 0.0282. The molecule has 0 aromatic heterocycles. The van der Waals surface area contributed by atoms with Gasteiger partial charge in [0.1, 0.15) is 19.5 Å². The fraction of sp³-hybridized carbons (Fsp3) is 0.286. The molecule has 7 heteroatoms. The lowest BCUT2D eigenvalue weighted by Crippen LogP contribution is -2.24. The molecule has 1 amide bonds. The Morgan fingerprint density at radius 2 is 2.19 bits per heavy atom. The largest absolute Gasteiger partial charge is 0.493 e. The maximum absolute atomic E-state index is 11.8. The minimum atomic E-state index is -0.718. The van der Waals surface area contributed by atoms with E-state index in [0.717, 1.165) is 9.13 Å². The Kier molecular flexibility index (Phi) is 5.43. The maximum atomic E-state index is 11.8. The second-order valence-electron chi connectivity index (χ2n) is 4.28. The molecular formula is C14H14INO5. The van der Waals surface area contributed by atoms with Crippen LogP contribution < -0.4 is 5.32 Å². The van der Waals surface area contributed by atoms with Gasteiger partial charge in [-0.2, -0.15) is 0 Å². The smallest absolute Gasteiger partial charge is 0.377 e. The van der Waals surface area contributed by atoms with Crippen molar-refractivity contribution in [1.82, 2.24) is 0 Å². The average molecular weight is 403 g/mol. The van der Waals surface area contributed by atoms with E-state index < -0.39 is 11.9 Å². The molecule has 0 atom stereocenters. The summed E-state index contributed by atoms with van der Waals surface area (Å²) in [7, 11) is 0. The fourth-order valence-electron chi connectivity index (χ4n) is 1.63. The first-order chi connectivity index (χ1) is 10.1. The van der Waals surface area contributed by atoms with Gasteiger partial charge in [0.15, 0.2) is 6.61 Å². The van der Waals surface area contributed by atoms with Gasteiger partial charge in [-0.05, 0) is 53.3 Å². The Hall–Kier alpha value is -1.77. The summed E-state index contributed by atoms with van der Waals surface area (Å²) in [6, 6.07) is 5.63. The van der Waals surface area contributed by atoms with Crippen LogP contribution in [0.25, 0.3) is 0 Å². The van der Waals surface area contributed by atoms with Crippen molar-refractivity contribution in [2.45, 2.75) is 6.92 Å². The van der Waals surface area contributed by atoms with Crippen LogP contribution in [0.5, 0.6) is 0 Å². The van der Waals surface area contributed by atoms with E-state index in [1.54, 1.807) is 6.07 Å². The first-order valence-electron chi connectivity index (χ1n) is 6.24. The number of ether oxygens (including phenoxy) is 3. The van der Waals surface area contributed by atoms with Crippen molar-refractivity contribution in [1.29, 1.82) is 0 Å². The average Bonchev–Trinajstić information content (AvgIpc) is 2.48. The summed E-state index contributed by atoms with van der Waals surface area (Å²) >= 11 is 2.19. The van der Waals surface area contributed by atoms with Crippen LogP contribution in [0.2, 0.25) is 0 Å². The minimum Gasteiger partial charge on any atom is -0.493 e. The van der Waals surface area contributed by atoms with Gasteiger partial charge in [0.05, 0.1) is 0 Å². The van der Waals surface area contributed by atoms with Gasteiger partial charge in [0.2, 0.25) is 5.76 Å². The molecule has 2 rings (SSSR count). The third-order valence-corrected chi connectivity index (χ3v) is 3.32. The quantitative estimate of drug-likeness (QED) is 0.615. The first kappa shape index (κ1) is 15.6. The number of aryl methyl sites for hydroxylation is 1. The summed E-state index contributed by atoms with van der Waals surface area (Å²) in [5.74, 6) is -1.16. The van der Waals surface area contributed by atoms with E-state index in [1.807, 2.05) is 19.1 Å². The van der Waals surface area contributed by atoms with Gasteiger partial charge >= 0.3 is 5.97 Å². The van der Waals surface area contributed by atoms with Gasteiger partial charge in [-0.15, -0.1) is 0 Å². The van der Waals surface area contributed by atoms with Gasteiger partial charge in [-0.3, -0.25) is 4.79 Å². The molecule has 0 aliphatic carbocycles. The molecule has 1 aromatic rings. The fourth-order valence-corrected chi connectivity index (χ4v) is 2.28. The predicted molar refractivity (Wildman–Crippen MR) is 83.5 cm³/mol. The van der Waals surface area contributed by atoms with Crippen molar-refractivity contribution < 1.29 is 23.8 Å². The number of benzene rings is 1. The highest BCUT2D eigenvalue weighted by molar-refractivity contribution is 14.1. The van der Waals surface area contributed by atoms with E-state index in [4.69, 9.17) is 14.2 Å². The molecule has 0 saturated carbocycles. The van der Waals surface area contributed by atoms with Gasteiger partial charge in [0.25, 0.3) is 5.91 Å². The Morgan fingerprint density at radius 3 is 2.86 bits per heavy atom. The van der Waals surface area contributed by atoms with Crippen LogP contribution in [-0.2, 0) is 23.8 Å².